The number of rotatable bonds is 4. The maximum absolute atomic E-state index is 12.6. The highest BCUT2D eigenvalue weighted by atomic mass is 35.5. The largest absolute Gasteiger partial charge is 0.326 e. The molecular formula is C20H22Cl2N2O. The normalized spacial score (nSPS) is 18.1. The third-order valence-corrected chi connectivity index (χ3v) is 5.41. The number of nitrogens with one attached hydrogen (secondary N) is 1. The minimum Gasteiger partial charge on any atom is -0.326 e. The fourth-order valence-corrected chi connectivity index (χ4v) is 3.58. The van der Waals surface area contributed by atoms with E-state index in [0.29, 0.717) is 10.0 Å². The molecule has 0 spiro atoms. The first kappa shape index (κ1) is 18.2. The molecule has 3 rings (SSSR count). The second kappa shape index (κ2) is 8.22. The lowest BCUT2D eigenvalue weighted by molar-refractivity contribution is -0.121. The summed E-state index contributed by atoms with van der Waals surface area (Å²) < 4.78 is 0. The minimum absolute atomic E-state index is 0.0103. The molecule has 1 unspecified atom stereocenters. The Kier molecular flexibility index (Phi) is 6.00. The Hall–Kier alpha value is -1.55. The first-order chi connectivity index (χ1) is 12.0. The summed E-state index contributed by atoms with van der Waals surface area (Å²) in [7, 11) is 0. The van der Waals surface area contributed by atoms with Crippen LogP contribution in [-0.2, 0) is 11.3 Å². The number of hydrogen-bond donors (Lipinski definition) is 1. The van der Waals surface area contributed by atoms with E-state index in [1.165, 1.54) is 0 Å². The number of piperidine rings is 1. The van der Waals surface area contributed by atoms with Crippen molar-refractivity contribution in [2.45, 2.75) is 26.3 Å². The summed E-state index contributed by atoms with van der Waals surface area (Å²) in [5, 5.41) is 4.22. The molecule has 1 saturated heterocycles. The van der Waals surface area contributed by atoms with Crippen LogP contribution >= 0.6 is 23.2 Å². The number of likely N-dealkylation sites (tertiary alicyclic amines) is 1. The van der Waals surface area contributed by atoms with Gasteiger partial charge in [-0.3, -0.25) is 9.69 Å². The average Bonchev–Trinajstić information content (AvgIpc) is 2.60. The van der Waals surface area contributed by atoms with Crippen molar-refractivity contribution in [2.75, 3.05) is 18.4 Å². The third-order valence-electron chi connectivity index (χ3n) is 4.67. The molecule has 5 heteroatoms. The van der Waals surface area contributed by atoms with Crippen LogP contribution in [0.3, 0.4) is 0 Å². The highest BCUT2D eigenvalue weighted by Gasteiger charge is 2.26. The van der Waals surface area contributed by atoms with Crippen LogP contribution in [0, 0.1) is 12.8 Å². The van der Waals surface area contributed by atoms with Crippen LogP contribution < -0.4 is 5.32 Å². The molecule has 2 aromatic carbocycles. The molecular weight excluding hydrogens is 355 g/mol. The van der Waals surface area contributed by atoms with Crippen molar-refractivity contribution < 1.29 is 4.79 Å². The van der Waals surface area contributed by atoms with Gasteiger partial charge < -0.3 is 5.32 Å². The topological polar surface area (TPSA) is 32.3 Å². The van der Waals surface area contributed by atoms with Crippen molar-refractivity contribution in [1.29, 1.82) is 0 Å². The number of para-hydroxylation sites is 1. The van der Waals surface area contributed by atoms with E-state index in [1.54, 1.807) is 0 Å². The number of halogens is 2. The number of benzene rings is 2. The molecule has 25 heavy (non-hydrogen) atoms. The van der Waals surface area contributed by atoms with Gasteiger partial charge >= 0.3 is 0 Å². The molecule has 0 radical (unpaired) electrons. The molecule has 1 aliphatic rings. The van der Waals surface area contributed by atoms with Crippen molar-refractivity contribution in [3.05, 3.63) is 63.6 Å². The van der Waals surface area contributed by atoms with Crippen molar-refractivity contribution >= 4 is 34.8 Å². The molecule has 2 aromatic rings. The van der Waals surface area contributed by atoms with Gasteiger partial charge in [-0.2, -0.15) is 0 Å². The van der Waals surface area contributed by atoms with Gasteiger partial charge in [-0.25, -0.2) is 0 Å². The van der Waals surface area contributed by atoms with Crippen molar-refractivity contribution in [3.63, 3.8) is 0 Å². The number of aryl methyl sites for hydroxylation is 1. The molecule has 0 aliphatic carbocycles. The van der Waals surface area contributed by atoms with E-state index < -0.39 is 0 Å². The lowest BCUT2D eigenvalue weighted by Crippen LogP contribution is -2.40. The zero-order chi connectivity index (χ0) is 17.8. The van der Waals surface area contributed by atoms with Crippen LogP contribution in [0.2, 0.25) is 10.0 Å². The Morgan fingerprint density at radius 3 is 2.76 bits per heavy atom. The summed E-state index contributed by atoms with van der Waals surface area (Å²) in [4.78, 5) is 15.0. The van der Waals surface area contributed by atoms with Gasteiger partial charge in [0, 0.05) is 18.8 Å². The quantitative estimate of drug-likeness (QED) is 0.799. The molecule has 1 amide bonds. The first-order valence-electron chi connectivity index (χ1n) is 8.55. The maximum Gasteiger partial charge on any atom is 0.228 e. The molecule has 0 saturated carbocycles. The molecule has 1 N–H and O–H groups in total. The summed E-state index contributed by atoms with van der Waals surface area (Å²) in [6.07, 6.45) is 1.95. The lowest BCUT2D eigenvalue weighted by atomic mass is 9.96. The number of amides is 1. The van der Waals surface area contributed by atoms with Gasteiger partial charge in [-0.1, -0.05) is 47.5 Å². The monoisotopic (exact) mass is 376 g/mol. The number of anilines is 1. The fourth-order valence-electron chi connectivity index (χ4n) is 3.26. The van der Waals surface area contributed by atoms with E-state index in [2.05, 4.69) is 10.2 Å². The fraction of sp³-hybridized carbons (Fsp3) is 0.350. The zero-order valence-electron chi connectivity index (χ0n) is 14.3. The molecule has 3 nitrogen and oxygen atoms in total. The predicted molar refractivity (Wildman–Crippen MR) is 104 cm³/mol. The van der Waals surface area contributed by atoms with Crippen molar-refractivity contribution in [2.24, 2.45) is 5.92 Å². The average molecular weight is 377 g/mol. The van der Waals surface area contributed by atoms with Crippen molar-refractivity contribution in [3.8, 4) is 0 Å². The van der Waals surface area contributed by atoms with Gasteiger partial charge in [0.1, 0.15) is 0 Å². The Morgan fingerprint density at radius 1 is 1.20 bits per heavy atom. The van der Waals surface area contributed by atoms with E-state index in [0.717, 1.165) is 49.3 Å². The zero-order valence-corrected chi connectivity index (χ0v) is 15.8. The highest BCUT2D eigenvalue weighted by molar-refractivity contribution is 6.42. The molecule has 1 atom stereocenters. The van der Waals surface area contributed by atoms with E-state index in [9.17, 15) is 4.79 Å². The Morgan fingerprint density at radius 2 is 2.00 bits per heavy atom. The standard InChI is InChI=1S/C20H22Cl2N2O/c1-14-5-2-3-7-19(14)23-20(25)16-6-4-10-24(13-16)12-15-8-9-17(21)18(22)11-15/h2-3,5,7-9,11,16H,4,6,10,12-13H2,1H3,(H,23,25). The smallest absolute Gasteiger partial charge is 0.228 e. The van der Waals surface area contributed by atoms with E-state index in [4.69, 9.17) is 23.2 Å². The summed E-state index contributed by atoms with van der Waals surface area (Å²) in [6, 6.07) is 13.6. The van der Waals surface area contributed by atoms with Crippen LogP contribution in [0.4, 0.5) is 5.69 Å². The van der Waals surface area contributed by atoms with Gasteiger partial charge in [0.05, 0.1) is 16.0 Å². The Bertz CT molecular complexity index is 763. The maximum atomic E-state index is 12.6. The number of carbonyl (C=O) groups excluding carboxylic acids is 1. The Balaban J connectivity index is 1.61. The van der Waals surface area contributed by atoms with Crippen LogP contribution in [0.1, 0.15) is 24.0 Å². The van der Waals surface area contributed by atoms with Crippen LogP contribution in [0.25, 0.3) is 0 Å². The predicted octanol–water partition coefficient (Wildman–Crippen LogP) is 5.15. The van der Waals surface area contributed by atoms with Gasteiger partial charge in [0.2, 0.25) is 5.91 Å². The lowest BCUT2D eigenvalue weighted by Gasteiger charge is -2.32. The molecule has 0 bridgehead atoms. The van der Waals surface area contributed by atoms with Crippen molar-refractivity contribution in [1.82, 2.24) is 4.90 Å². The number of nitrogens with zero attached hydrogens (tertiary/aromatic N) is 1. The van der Waals surface area contributed by atoms with E-state index in [-0.39, 0.29) is 11.8 Å². The van der Waals surface area contributed by atoms with Crippen LogP contribution in [0.15, 0.2) is 42.5 Å². The van der Waals surface area contributed by atoms with E-state index >= 15 is 0 Å². The summed E-state index contributed by atoms with van der Waals surface area (Å²) in [5.41, 5.74) is 3.10. The third kappa shape index (κ3) is 4.75. The first-order valence-corrected chi connectivity index (χ1v) is 9.31. The second-order valence-electron chi connectivity index (χ2n) is 6.63. The molecule has 1 heterocycles. The van der Waals surface area contributed by atoms with Gasteiger partial charge in [0.15, 0.2) is 0 Å². The highest BCUT2D eigenvalue weighted by Crippen LogP contribution is 2.25. The summed E-state index contributed by atoms with van der Waals surface area (Å²) in [6.45, 7) is 4.55. The van der Waals surface area contributed by atoms with Gasteiger partial charge in [-0.15, -0.1) is 0 Å². The molecule has 1 aliphatic heterocycles. The van der Waals surface area contributed by atoms with Crippen LogP contribution in [0.5, 0.6) is 0 Å². The number of hydrogen-bond acceptors (Lipinski definition) is 2. The second-order valence-corrected chi connectivity index (χ2v) is 7.44. The summed E-state index contributed by atoms with van der Waals surface area (Å²) >= 11 is 12.1. The molecule has 0 aromatic heterocycles. The summed E-state index contributed by atoms with van der Waals surface area (Å²) in [5.74, 6) is 0.115. The SMILES string of the molecule is Cc1ccccc1NC(=O)C1CCCN(Cc2ccc(Cl)c(Cl)c2)C1. The molecule has 132 valence electrons. The van der Waals surface area contributed by atoms with Gasteiger partial charge in [-0.05, 0) is 55.6 Å². The molecule has 1 fully saturated rings. The Labute approximate surface area is 158 Å². The van der Waals surface area contributed by atoms with E-state index in [1.807, 2.05) is 49.4 Å². The number of carbonyl (C=O) groups is 1. The minimum atomic E-state index is 0.0103. The van der Waals surface area contributed by atoms with Crippen LogP contribution in [-0.4, -0.2) is 23.9 Å². The van der Waals surface area contributed by atoms with Gasteiger partial charge in [0.25, 0.3) is 0 Å².